The summed E-state index contributed by atoms with van der Waals surface area (Å²) in [7, 11) is 0. The Labute approximate surface area is 197 Å². The molecule has 5 rings (SSSR count). The summed E-state index contributed by atoms with van der Waals surface area (Å²) in [5.41, 5.74) is 1.50. The number of anilines is 1. The first kappa shape index (κ1) is 21.5. The van der Waals surface area contributed by atoms with E-state index in [0.29, 0.717) is 11.8 Å². The number of thioether (sulfide) groups is 1. The maximum atomic E-state index is 13.1. The first-order valence-electron chi connectivity index (χ1n) is 11.2. The number of nitrogens with one attached hydrogen (secondary N) is 1. The van der Waals surface area contributed by atoms with Gasteiger partial charge in [-0.15, -0.1) is 0 Å². The van der Waals surface area contributed by atoms with E-state index in [2.05, 4.69) is 5.32 Å². The lowest BCUT2D eigenvalue weighted by atomic mass is 10.1. The summed E-state index contributed by atoms with van der Waals surface area (Å²) in [6.45, 7) is 2.55. The number of carbonyl (C=O) groups is 2. The second kappa shape index (κ2) is 9.27. The van der Waals surface area contributed by atoms with Crippen molar-refractivity contribution >= 4 is 50.9 Å². The Balaban J connectivity index is 1.29. The van der Waals surface area contributed by atoms with Gasteiger partial charge in [0, 0.05) is 18.2 Å². The van der Waals surface area contributed by atoms with Gasteiger partial charge in [0.2, 0.25) is 11.8 Å². The maximum absolute atomic E-state index is 13.1. The fraction of sp³-hybridized carbons (Fsp3) is 0.269. The number of fused-ring (bicyclic) bond motifs is 1. The van der Waals surface area contributed by atoms with Crippen molar-refractivity contribution in [3.63, 3.8) is 0 Å². The van der Waals surface area contributed by atoms with E-state index in [1.54, 1.807) is 4.90 Å². The van der Waals surface area contributed by atoms with Crippen LogP contribution in [0.4, 0.5) is 11.4 Å². The van der Waals surface area contributed by atoms with Crippen molar-refractivity contribution in [2.75, 3.05) is 11.9 Å². The van der Waals surface area contributed by atoms with Crippen LogP contribution in [0.5, 0.6) is 5.75 Å². The van der Waals surface area contributed by atoms with Crippen molar-refractivity contribution in [3.8, 4) is 5.75 Å². The Morgan fingerprint density at radius 2 is 1.85 bits per heavy atom. The van der Waals surface area contributed by atoms with Gasteiger partial charge in [-0.2, -0.15) is 0 Å². The summed E-state index contributed by atoms with van der Waals surface area (Å²) in [6, 6.07) is 21.5. The lowest BCUT2D eigenvalue weighted by Crippen LogP contribution is -2.35. The van der Waals surface area contributed by atoms with Crippen LogP contribution in [-0.4, -0.2) is 39.8 Å². The molecule has 1 aliphatic heterocycles. The number of hydrogen-bond acceptors (Lipinski definition) is 5. The first-order chi connectivity index (χ1) is 16.1. The van der Waals surface area contributed by atoms with Crippen LogP contribution in [0.15, 0.2) is 71.7 Å². The van der Waals surface area contributed by atoms with E-state index >= 15 is 0 Å². The van der Waals surface area contributed by atoms with Gasteiger partial charge < -0.3 is 10.1 Å². The third-order valence-corrected chi connectivity index (χ3v) is 6.81. The average Bonchev–Trinajstić information content (AvgIpc) is 3.60. The summed E-state index contributed by atoms with van der Waals surface area (Å²) in [4.78, 5) is 32.4. The minimum absolute atomic E-state index is 0.0270. The van der Waals surface area contributed by atoms with E-state index in [1.807, 2.05) is 73.7 Å². The van der Waals surface area contributed by atoms with Gasteiger partial charge in [0.05, 0.1) is 12.3 Å². The van der Waals surface area contributed by atoms with Gasteiger partial charge >= 0.3 is 0 Å². The second-order valence-electron chi connectivity index (χ2n) is 8.18. The molecule has 2 fully saturated rings. The van der Waals surface area contributed by atoms with Crippen LogP contribution in [0.1, 0.15) is 26.2 Å². The molecule has 6 nitrogen and oxygen atoms in total. The molecule has 168 valence electrons. The molecule has 0 spiro atoms. The van der Waals surface area contributed by atoms with Crippen molar-refractivity contribution in [2.24, 2.45) is 4.99 Å². The largest absolute Gasteiger partial charge is 0.494 e. The van der Waals surface area contributed by atoms with E-state index in [1.165, 1.54) is 11.8 Å². The van der Waals surface area contributed by atoms with Crippen molar-refractivity contribution in [3.05, 3.63) is 66.7 Å². The minimum atomic E-state index is -0.465. The Hall–Kier alpha value is -3.32. The smallest absolute Gasteiger partial charge is 0.242 e. The van der Waals surface area contributed by atoms with Crippen LogP contribution in [0.3, 0.4) is 0 Å². The van der Waals surface area contributed by atoms with Gasteiger partial charge in [0.15, 0.2) is 5.17 Å². The number of benzene rings is 3. The SMILES string of the molecule is CCOc1ccc(N=C2SC(CC(=O)Nc3ccc4ccccc4c3)C(=O)N2C2CC2)cc1. The molecule has 1 atom stereocenters. The number of rotatable bonds is 7. The quantitative estimate of drug-likeness (QED) is 0.516. The van der Waals surface area contributed by atoms with Crippen LogP contribution in [0.25, 0.3) is 10.8 Å². The van der Waals surface area contributed by atoms with Crippen molar-refractivity contribution in [1.29, 1.82) is 0 Å². The molecule has 1 saturated carbocycles. The van der Waals surface area contributed by atoms with E-state index in [0.717, 1.165) is 40.7 Å². The molecule has 1 N–H and O–H groups in total. The molecule has 1 unspecified atom stereocenters. The van der Waals surface area contributed by atoms with E-state index in [9.17, 15) is 9.59 Å². The Bertz CT molecular complexity index is 1220. The predicted octanol–water partition coefficient (Wildman–Crippen LogP) is 5.36. The molecule has 3 aromatic carbocycles. The second-order valence-corrected chi connectivity index (χ2v) is 9.35. The normalized spacial score (nSPS) is 19.3. The third-order valence-electron chi connectivity index (χ3n) is 5.66. The topological polar surface area (TPSA) is 71.0 Å². The Morgan fingerprint density at radius 1 is 1.09 bits per heavy atom. The molecule has 2 aliphatic rings. The molecule has 0 radical (unpaired) electrons. The van der Waals surface area contributed by atoms with Gasteiger partial charge in [-0.25, -0.2) is 4.99 Å². The highest BCUT2D eigenvalue weighted by atomic mass is 32.2. The lowest BCUT2D eigenvalue weighted by Gasteiger charge is -2.15. The van der Waals surface area contributed by atoms with E-state index < -0.39 is 5.25 Å². The van der Waals surface area contributed by atoms with E-state index in [-0.39, 0.29) is 24.3 Å². The van der Waals surface area contributed by atoms with Crippen LogP contribution >= 0.6 is 11.8 Å². The van der Waals surface area contributed by atoms with Crippen molar-refractivity contribution in [1.82, 2.24) is 4.90 Å². The zero-order chi connectivity index (χ0) is 22.8. The number of amides is 2. The number of hydrogen-bond donors (Lipinski definition) is 1. The van der Waals surface area contributed by atoms with Crippen LogP contribution in [0.2, 0.25) is 0 Å². The summed E-state index contributed by atoms with van der Waals surface area (Å²) in [6.07, 6.45) is 2.07. The number of aliphatic imine (C=N–C) groups is 1. The Kier molecular flexibility index (Phi) is 6.05. The molecule has 3 aromatic rings. The number of ether oxygens (including phenoxy) is 1. The zero-order valence-corrected chi connectivity index (χ0v) is 19.2. The van der Waals surface area contributed by atoms with Crippen molar-refractivity contribution in [2.45, 2.75) is 37.5 Å². The molecular formula is C26H25N3O3S. The van der Waals surface area contributed by atoms with E-state index in [4.69, 9.17) is 9.73 Å². The van der Waals surface area contributed by atoms with Gasteiger partial charge in [-0.1, -0.05) is 42.1 Å². The molecule has 1 aliphatic carbocycles. The van der Waals surface area contributed by atoms with Gasteiger partial charge in [-0.3, -0.25) is 14.5 Å². The highest BCUT2D eigenvalue weighted by Gasteiger charge is 2.46. The monoisotopic (exact) mass is 459 g/mol. The summed E-state index contributed by atoms with van der Waals surface area (Å²) in [5, 5.41) is 5.34. The molecule has 0 bridgehead atoms. The minimum Gasteiger partial charge on any atom is -0.494 e. The van der Waals surface area contributed by atoms with Gasteiger partial charge in [0.25, 0.3) is 0 Å². The predicted molar refractivity (Wildman–Crippen MR) is 133 cm³/mol. The maximum Gasteiger partial charge on any atom is 0.242 e. The molecule has 0 aromatic heterocycles. The lowest BCUT2D eigenvalue weighted by molar-refractivity contribution is -0.128. The fourth-order valence-corrected chi connectivity index (χ4v) is 5.12. The average molecular weight is 460 g/mol. The highest BCUT2D eigenvalue weighted by molar-refractivity contribution is 8.15. The molecule has 7 heteroatoms. The molecule has 1 saturated heterocycles. The van der Waals surface area contributed by atoms with Gasteiger partial charge in [-0.05, 0) is 66.9 Å². The van der Waals surface area contributed by atoms with Crippen LogP contribution < -0.4 is 10.1 Å². The third kappa shape index (κ3) is 4.88. The first-order valence-corrected chi connectivity index (χ1v) is 12.1. The van der Waals surface area contributed by atoms with Crippen LogP contribution in [-0.2, 0) is 9.59 Å². The summed E-state index contributed by atoms with van der Waals surface area (Å²) in [5.74, 6) is 0.592. The molecule has 2 amide bonds. The standard InChI is InChI=1S/C26H25N3O3S/c1-2-32-22-13-9-19(10-14-22)28-26-29(21-11-12-21)25(31)23(33-26)16-24(30)27-20-8-7-17-5-3-4-6-18(17)15-20/h3-10,13-15,21,23H,2,11-12,16H2,1H3,(H,27,30). The molecule has 1 heterocycles. The fourth-order valence-electron chi connectivity index (χ4n) is 3.90. The molecule has 33 heavy (non-hydrogen) atoms. The number of carbonyl (C=O) groups excluding carboxylic acids is 2. The van der Waals surface area contributed by atoms with Crippen molar-refractivity contribution < 1.29 is 14.3 Å². The summed E-state index contributed by atoms with van der Waals surface area (Å²) < 4.78 is 5.49. The van der Waals surface area contributed by atoms with Gasteiger partial charge in [0.1, 0.15) is 11.0 Å². The Morgan fingerprint density at radius 3 is 2.58 bits per heavy atom. The van der Waals surface area contributed by atoms with Crippen LogP contribution in [0, 0.1) is 0 Å². The zero-order valence-electron chi connectivity index (χ0n) is 18.4. The number of amidine groups is 1. The molecular weight excluding hydrogens is 434 g/mol. The summed E-state index contributed by atoms with van der Waals surface area (Å²) >= 11 is 1.38. The highest BCUT2D eigenvalue weighted by Crippen LogP contribution is 2.39. The number of nitrogens with zero attached hydrogens (tertiary/aromatic N) is 2.